The molecule has 0 radical (unpaired) electrons. The van der Waals surface area contributed by atoms with Crippen molar-refractivity contribution in [3.05, 3.63) is 70.7 Å². The molecule has 2 aliphatic rings. The Hall–Kier alpha value is -3.72. The fourth-order valence-corrected chi connectivity index (χ4v) is 4.66. The second kappa shape index (κ2) is 9.03. The summed E-state index contributed by atoms with van der Waals surface area (Å²) in [6.07, 6.45) is 4.24. The Balaban J connectivity index is 1.31. The molecule has 2 amide bonds. The first-order valence-corrected chi connectivity index (χ1v) is 11.6. The normalized spacial score (nSPS) is 15.4. The number of benzene rings is 2. The first kappa shape index (κ1) is 21.1. The molecule has 3 heterocycles. The summed E-state index contributed by atoms with van der Waals surface area (Å²) in [5, 5.41) is 5.49. The largest absolute Gasteiger partial charge is 0.496 e. The molecule has 0 saturated carbocycles. The van der Waals surface area contributed by atoms with Gasteiger partial charge in [-0.3, -0.25) is 9.59 Å². The van der Waals surface area contributed by atoms with Crippen LogP contribution >= 0.6 is 11.5 Å². The number of hydrogen-bond acceptors (Lipinski definition) is 7. The summed E-state index contributed by atoms with van der Waals surface area (Å²) in [5.41, 5.74) is 4.12. The van der Waals surface area contributed by atoms with Crippen LogP contribution in [0.3, 0.4) is 0 Å². The van der Waals surface area contributed by atoms with E-state index in [4.69, 9.17) is 4.74 Å². The van der Waals surface area contributed by atoms with Gasteiger partial charge in [0, 0.05) is 55.5 Å². The van der Waals surface area contributed by atoms with E-state index in [0.717, 1.165) is 35.0 Å². The molecule has 168 valence electrons. The lowest BCUT2D eigenvalue weighted by Gasteiger charge is -2.34. The first-order valence-electron chi connectivity index (χ1n) is 10.7. The number of methoxy groups -OCH3 is 1. The van der Waals surface area contributed by atoms with Crippen LogP contribution < -0.4 is 9.64 Å². The number of carbonyl (C=O) groups excluding carboxylic acids is 2. The molecule has 0 spiro atoms. The predicted molar refractivity (Wildman–Crippen MR) is 127 cm³/mol. The first-order chi connectivity index (χ1) is 16.2. The number of amides is 2. The number of piperazine rings is 1. The summed E-state index contributed by atoms with van der Waals surface area (Å²) in [6.45, 7) is 2.57. The molecule has 9 heteroatoms. The van der Waals surface area contributed by atoms with Gasteiger partial charge in [0.25, 0.3) is 11.8 Å². The molecular weight excluding hydrogens is 438 g/mol. The Morgan fingerprint density at radius 2 is 1.76 bits per heavy atom. The van der Waals surface area contributed by atoms with Gasteiger partial charge in [0.2, 0.25) is 0 Å². The van der Waals surface area contributed by atoms with Crippen LogP contribution in [0.4, 0.5) is 11.4 Å². The Labute approximate surface area is 195 Å². The highest BCUT2D eigenvalue weighted by atomic mass is 32.1. The zero-order valence-electron chi connectivity index (χ0n) is 18.2. The van der Waals surface area contributed by atoms with Crippen molar-refractivity contribution in [2.24, 2.45) is 0 Å². The fraction of sp³-hybridized carbons (Fsp3) is 0.250. The molecule has 0 atom stereocenters. The SMILES string of the molecule is COc1cc(N2CC=Cc3ccccc32)ccc1C(=O)N1CCN(C(=O)c2csnn2)CC1. The van der Waals surface area contributed by atoms with Crippen LogP contribution in [0.25, 0.3) is 6.08 Å². The smallest absolute Gasteiger partial charge is 0.275 e. The molecule has 0 unspecified atom stereocenters. The summed E-state index contributed by atoms with van der Waals surface area (Å²) in [7, 11) is 1.58. The number of carbonyl (C=O) groups is 2. The molecule has 3 aromatic rings. The average molecular weight is 462 g/mol. The molecule has 2 aliphatic heterocycles. The number of nitrogens with zero attached hydrogens (tertiary/aromatic N) is 5. The Bertz CT molecular complexity index is 1200. The number of anilines is 2. The van der Waals surface area contributed by atoms with Gasteiger partial charge in [-0.1, -0.05) is 34.8 Å². The van der Waals surface area contributed by atoms with Crippen molar-refractivity contribution in [3.8, 4) is 5.75 Å². The summed E-state index contributed by atoms with van der Waals surface area (Å²) < 4.78 is 9.37. The molecule has 5 rings (SSSR count). The van der Waals surface area contributed by atoms with Gasteiger partial charge in [0.15, 0.2) is 5.69 Å². The highest BCUT2D eigenvalue weighted by molar-refractivity contribution is 7.03. The van der Waals surface area contributed by atoms with Gasteiger partial charge in [-0.15, -0.1) is 5.10 Å². The predicted octanol–water partition coefficient (Wildman–Crippen LogP) is 3.31. The van der Waals surface area contributed by atoms with Gasteiger partial charge in [0.1, 0.15) is 5.75 Å². The summed E-state index contributed by atoms with van der Waals surface area (Å²) in [6, 6.07) is 13.9. The Morgan fingerprint density at radius 3 is 2.48 bits per heavy atom. The lowest BCUT2D eigenvalue weighted by atomic mass is 10.1. The number of ether oxygens (including phenoxy) is 1. The molecule has 33 heavy (non-hydrogen) atoms. The average Bonchev–Trinajstić information content (AvgIpc) is 3.42. The monoisotopic (exact) mass is 461 g/mol. The van der Waals surface area contributed by atoms with E-state index in [9.17, 15) is 9.59 Å². The molecular formula is C24H23N5O3S. The molecule has 2 aromatic carbocycles. The van der Waals surface area contributed by atoms with Crippen molar-refractivity contribution in [1.29, 1.82) is 0 Å². The standard InChI is InChI=1S/C24H23N5O3S/c1-32-22-15-18(29-10-4-6-17-5-2-3-7-21(17)29)8-9-19(22)23(30)27-11-13-28(14-12-27)24(31)20-16-33-26-25-20/h2-9,15-16H,10-14H2,1H3. The van der Waals surface area contributed by atoms with E-state index >= 15 is 0 Å². The third-order valence-electron chi connectivity index (χ3n) is 5.97. The number of hydrogen-bond donors (Lipinski definition) is 0. The molecule has 1 fully saturated rings. The van der Waals surface area contributed by atoms with Crippen molar-refractivity contribution in [2.45, 2.75) is 0 Å². The van der Waals surface area contributed by atoms with Gasteiger partial charge >= 0.3 is 0 Å². The molecule has 1 saturated heterocycles. The van der Waals surface area contributed by atoms with Gasteiger partial charge in [-0.25, -0.2) is 0 Å². The van der Waals surface area contributed by atoms with E-state index in [2.05, 4.69) is 38.8 Å². The van der Waals surface area contributed by atoms with Crippen LogP contribution in [-0.2, 0) is 0 Å². The second-order valence-electron chi connectivity index (χ2n) is 7.83. The molecule has 0 bridgehead atoms. The molecule has 0 N–H and O–H groups in total. The topological polar surface area (TPSA) is 78.9 Å². The number of aromatic nitrogens is 2. The van der Waals surface area contributed by atoms with Crippen LogP contribution in [0.15, 0.2) is 53.9 Å². The minimum atomic E-state index is -0.145. The zero-order chi connectivity index (χ0) is 22.8. The van der Waals surface area contributed by atoms with Gasteiger partial charge < -0.3 is 19.4 Å². The summed E-state index contributed by atoms with van der Waals surface area (Å²) in [5.74, 6) is 0.296. The summed E-state index contributed by atoms with van der Waals surface area (Å²) >= 11 is 1.15. The van der Waals surface area contributed by atoms with Crippen molar-refractivity contribution in [2.75, 3.05) is 44.7 Å². The van der Waals surface area contributed by atoms with Gasteiger partial charge in [-0.05, 0) is 35.3 Å². The third kappa shape index (κ3) is 4.07. The third-order valence-corrected chi connectivity index (χ3v) is 6.48. The maximum atomic E-state index is 13.3. The zero-order valence-corrected chi connectivity index (χ0v) is 19.0. The van der Waals surface area contributed by atoms with Crippen molar-refractivity contribution < 1.29 is 14.3 Å². The highest BCUT2D eigenvalue weighted by Gasteiger charge is 2.28. The number of para-hydroxylation sites is 1. The summed E-state index contributed by atoms with van der Waals surface area (Å²) in [4.78, 5) is 31.4. The van der Waals surface area contributed by atoms with Crippen molar-refractivity contribution in [3.63, 3.8) is 0 Å². The van der Waals surface area contributed by atoms with Crippen molar-refractivity contribution in [1.82, 2.24) is 19.4 Å². The fourth-order valence-electron chi connectivity index (χ4n) is 4.23. The van der Waals surface area contributed by atoms with Crippen LogP contribution in [0.5, 0.6) is 5.75 Å². The molecule has 1 aromatic heterocycles. The van der Waals surface area contributed by atoms with Crippen LogP contribution in [0.1, 0.15) is 26.4 Å². The maximum Gasteiger partial charge on any atom is 0.275 e. The van der Waals surface area contributed by atoms with E-state index < -0.39 is 0 Å². The Kier molecular flexibility index (Phi) is 5.78. The van der Waals surface area contributed by atoms with Crippen LogP contribution in [0, 0.1) is 0 Å². The maximum absolute atomic E-state index is 13.3. The minimum absolute atomic E-state index is 0.0974. The van der Waals surface area contributed by atoms with Crippen molar-refractivity contribution >= 4 is 40.8 Å². The van der Waals surface area contributed by atoms with Crippen LogP contribution in [-0.4, -0.2) is 71.0 Å². The lowest BCUT2D eigenvalue weighted by molar-refractivity contribution is 0.0530. The Morgan fingerprint density at radius 1 is 1.00 bits per heavy atom. The van der Waals surface area contributed by atoms with E-state index in [-0.39, 0.29) is 11.8 Å². The quantitative estimate of drug-likeness (QED) is 0.593. The van der Waals surface area contributed by atoms with Gasteiger partial charge in [-0.2, -0.15) is 0 Å². The molecule has 0 aliphatic carbocycles. The lowest BCUT2D eigenvalue weighted by Crippen LogP contribution is -2.50. The van der Waals surface area contributed by atoms with E-state index in [1.807, 2.05) is 30.3 Å². The van der Waals surface area contributed by atoms with E-state index in [1.54, 1.807) is 22.3 Å². The second-order valence-corrected chi connectivity index (χ2v) is 8.44. The van der Waals surface area contributed by atoms with E-state index in [1.165, 1.54) is 0 Å². The van der Waals surface area contributed by atoms with Crippen LogP contribution in [0.2, 0.25) is 0 Å². The van der Waals surface area contributed by atoms with Gasteiger partial charge in [0.05, 0.1) is 12.7 Å². The number of rotatable bonds is 4. The highest BCUT2D eigenvalue weighted by Crippen LogP contribution is 2.35. The van der Waals surface area contributed by atoms with E-state index in [0.29, 0.717) is 43.2 Å². The molecule has 8 nitrogen and oxygen atoms in total. The number of fused-ring (bicyclic) bond motifs is 1. The minimum Gasteiger partial charge on any atom is -0.496 e.